The van der Waals surface area contributed by atoms with E-state index >= 15 is 0 Å². The minimum Gasteiger partial charge on any atom is -0.317 e. The molecule has 1 aromatic heterocycles. The van der Waals surface area contributed by atoms with E-state index in [4.69, 9.17) is 34.8 Å². The van der Waals surface area contributed by atoms with Gasteiger partial charge in [-0.05, 0) is 19.1 Å². The molecule has 1 amide bonds. The summed E-state index contributed by atoms with van der Waals surface area (Å²) in [5, 5.41) is 9.69. The van der Waals surface area contributed by atoms with Crippen LogP contribution in [0, 0.1) is 6.92 Å². The van der Waals surface area contributed by atoms with Crippen molar-refractivity contribution in [2.75, 3.05) is 5.32 Å². The van der Waals surface area contributed by atoms with Crippen LogP contribution in [0.4, 0.5) is 5.69 Å². The summed E-state index contributed by atoms with van der Waals surface area (Å²) in [7, 11) is 0. The molecule has 0 atom stereocenters. The third kappa shape index (κ3) is 2.75. The first kappa shape index (κ1) is 13.1. The van der Waals surface area contributed by atoms with Crippen molar-refractivity contribution in [1.29, 1.82) is 0 Å². The quantitative estimate of drug-likeness (QED) is 0.894. The summed E-state index contributed by atoms with van der Waals surface area (Å²) in [5.41, 5.74) is 0.273. The molecule has 2 rings (SSSR count). The molecule has 0 aliphatic rings. The zero-order chi connectivity index (χ0) is 13.3. The standard InChI is InChI=1S/C10H7Cl3N4O/c1-4-14-9(17-16-4)10(18)15-8-6(12)2-5(11)3-7(8)13/h2-3H,1H3,(H,15,18)(H,14,16,17). The molecule has 0 aliphatic heterocycles. The SMILES string of the molecule is Cc1nc(C(=O)Nc2c(Cl)cc(Cl)cc2Cl)n[nH]1. The Kier molecular flexibility index (Phi) is 3.75. The first-order valence-electron chi connectivity index (χ1n) is 4.82. The maximum atomic E-state index is 11.8. The van der Waals surface area contributed by atoms with Crippen LogP contribution < -0.4 is 5.32 Å². The molecule has 0 saturated heterocycles. The summed E-state index contributed by atoms with van der Waals surface area (Å²) in [6.45, 7) is 1.69. The summed E-state index contributed by atoms with van der Waals surface area (Å²) in [4.78, 5) is 15.7. The Morgan fingerprint density at radius 2 is 1.89 bits per heavy atom. The van der Waals surface area contributed by atoms with E-state index in [0.29, 0.717) is 10.8 Å². The maximum absolute atomic E-state index is 11.8. The zero-order valence-corrected chi connectivity index (χ0v) is 11.4. The highest BCUT2D eigenvalue weighted by Gasteiger charge is 2.15. The number of amides is 1. The molecule has 18 heavy (non-hydrogen) atoms. The number of aromatic amines is 1. The fraction of sp³-hybridized carbons (Fsp3) is 0.100. The first-order valence-corrected chi connectivity index (χ1v) is 5.95. The number of rotatable bonds is 2. The van der Waals surface area contributed by atoms with Crippen LogP contribution in [0.3, 0.4) is 0 Å². The lowest BCUT2D eigenvalue weighted by molar-refractivity contribution is 0.101. The number of carbonyl (C=O) groups is 1. The number of nitrogens with zero attached hydrogens (tertiary/aromatic N) is 2. The Morgan fingerprint density at radius 1 is 1.28 bits per heavy atom. The second-order valence-corrected chi connectivity index (χ2v) is 4.69. The Morgan fingerprint density at radius 3 is 2.39 bits per heavy atom. The molecule has 0 radical (unpaired) electrons. The molecule has 8 heteroatoms. The lowest BCUT2D eigenvalue weighted by Crippen LogP contribution is -2.14. The lowest BCUT2D eigenvalue weighted by atomic mass is 10.3. The van der Waals surface area contributed by atoms with Crippen LogP contribution in [0.5, 0.6) is 0 Å². The number of aryl methyl sites for hydroxylation is 1. The van der Waals surface area contributed by atoms with Crippen LogP contribution in [-0.2, 0) is 0 Å². The van der Waals surface area contributed by atoms with Gasteiger partial charge in [0.25, 0.3) is 5.91 Å². The van der Waals surface area contributed by atoms with Gasteiger partial charge in [0.05, 0.1) is 15.7 Å². The largest absolute Gasteiger partial charge is 0.317 e. The Balaban J connectivity index is 2.27. The summed E-state index contributed by atoms with van der Waals surface area (Å²) >= 11 is 17.6. The first-order chi connectivity index (χ1) is 8.47. The van der Waals surface area contributed by atoms with Gasteiger partial charge in [0.1, 0.15) is 5.82 Å². The fourth-order valence-corrected chi connectivity index (χ4v) is 2.19. The Hall–Kier alpha value is -1.30. The predicted molar refractivity (Wildman–Crippen MR) is 70.5 cm³/mol. The molecule has 0 unspecified atom stereocenters. The summed E-state index contributed by atoms with van der Waals surface area (Å²) < 4.78 is 0. The van der Waals surface area contributed by atoms with Crippen molar-refractivity contribution in [1.82, 2.24) is 15.2 Å². The molecule has 5 nitrogen and oxygen atoms in total. The number of carbonyl (C=O) groups excluding carboxylic acids is 1. The van der Waals surface area contributed by atoms with Crippen LogP contribution in [0.2, 0.25) is 15.1 Å². The summed E-state index contributed by atoms with van der Waals surface area (Å²) in [6, 6.07) is 2.96. The van der Waals surface area contributed by atoms with Crippen molar-refractivity contribution in [2.45, 2.75) is 6.92 Å². The molecule has 0 spiro atoms. The van der Waals surface area contributed by atoms with Gasteiger partial charge in [0.15, 0.2) is 0 Å². The molecule has 0 aliphatic carbocycles. The molecule has 2 N–H and O–H groups in total. The van der Waals surface area contributed by atoms with E-state index in [-0.39, 0.29) is 21.6 Å². The third-order valence-electron chi connectivity index (χ3n) is 2.05. The normalized spacial score (nSPS) is 10.4. The molecule has 0 bridgehead atoms. The van der Waals surface area contributed by atoms with Gasteiger partial charge in [-0.25, -0.2) is 4.98 Å². The number of aromatic nitrogens is 3. The Labute approximate surface area is 117 Å². The third-order valence-corrected chi connectivity index (χ3v) is 2.86. The van der Waals surface area contributed by atoms with Gasteiger partial charge in [-0.15, -0.1) is 5.10 Å². The van der Waals surface area contributed by atoms with Crippen molar-refractivity contribution in [3.05, 3.63) is 38.8 Å². The zero-order valence-electron chi connectivity index (χ0n) is 9.09. The maximum Gasteiger partial charge on any atom is 0.295 e. The average molecular weight is 306 g/mol. The van der Waals surface area contributed by atoms with Crippen molar-refractivity contribution >= 4 is 46.4 Å². The molecule has 1 aromatic carbocycles. The van der Waals surface area contributed by atoms with Crippen molar-refractivity contribution < 1.29 is 4.79 Å². The van der Waals surface area contributed by atoms with E-state index in [0.717, 1.165) is 0 Å². The summed E-state index contributed by atoms with van der Waals surface area (Å²) in [5.74, 6) is 0.0357. The van der Waals surface area contributed by atoms with E-state index in [1.165, 1.54) is 12.1 Å². The van der Waals surface area contributed by atoms with Crippen LogP contribution in [0.1, 0.15) is 16.4 Å². The van der Waals surface area contributed by atoms with Crippen LogP contribution in [0.25, 0.3) is 0 Å². The highest BCUT2D eigenvalue weighted by atomic mass is 35.5. The number of benzene rings is 1. The molecule has 0 fully saturated rings. The highest BCUT2D eigenvalue weighted by molar-refractivity contribution is 6.42. The smallest absolute Gasteiger partial charge is 0.295 e. The molecule has 0 saturated carbocycles. The predicted octanol–water partition coefficient (Wildman–Crippen LogP) is 3.33. The van der Waals surface area contributed by atoms with Crippen LogP contribution in [0.15, 0.2) is 12.1 Å². The van der Waals surface area contributed by atoms with Gasteiger partial charge in [-0.2, -0.15) is 0 Å². The summed E-state index contributed by atoms with van der Waals surface area (Å²) in [6.07, 6.45) is 0. The number of nitrogens with one attached hydrogen (secondary N) is 2. The van der Waals surface area contributed by atoms with Gasteiger partial charge in [-0.1, -0.05) is 34.8 Å². The average Bonchev–Trinajstić information content (AvgIpc) is 2.70. The molecular formula is C10H7Cl3N4O. The molecule has 94 valence electrons. The topological polar surface area (TPSA) is 70.7 Å². The Bertz CT molecular complexity index is 588. The van der Waals surface area contributed by atoms with Gasteiger partial charge >= 0.3 is 0 Å². The van der Waals surface area contributed by atoms with E-state index in [9.17, 15) is 4.79 Å². The van der Waals surface area contributed by atoms with Gasteiger partial charge in [-0.3, -0.25) is 9.89 Å². The van der Waals surface area contributed by atoms with E-state index in [1.807, 2.05) is 0 Å². The monoisotopic (exact) mass is 304 g/mol. The van der Waals surface area contributed by atoms with Crippen molar-refractivity contribution in [2.24, 2.45) is 0 Å². The molecule has 1 heterocycles. The number of hydrogen-bond acceptors (Lipinski definition) is 3. The van der Waals surface area contributed by atoms with Gasteiger partial charge < -0.3 is 5.32 Å². The minimum absolute atomic E-state index is 0.00887. The second-order valence-electron chi connectivity index (χ2n) is 3.44. The lowest BCUT2D eigenvalue weighted by Gasteiger charge is -2.08. The van der Waals surface area contributed by atoms with Gasteiger partial charge in [0.2, 0.25) is 5.82 Å². The number of H-pyrrole nitrogens is 1. The fourth-order valence-electron chi connectivity index (χ4n) is 1.28. The van der Waals surface area contributed by atoms with Crippen LogP contribution in [-0.4, -0.2) is 21.1 Å². The van der Waals surface area contributed by atoms with E-state index in [1.54, 1.807) is 6.92 Å². The second kappa shape index (κ2) is 5.14. The number of hydrogen-bond donors (Lipinski definition) is 2. The van der Waals surface area contributed by atoms with Crippen LogP contribution >= 0.6 is 34.8 Å². The highest BCUT2D eigenvalue weighted by Crippen LogP contribution is 2.33. The minimum atomic E-state index is -0.509. The van der Waals surface area contributed by atoms with E-state index in [2.05, 4.69) is 20.5 Å². The number of halogens is 3. The molecule has 2 aromatic rings. The van der Waals surface area contributed by atoms with Gasteiger partial charge in [0, 0.05) is 5.02 Å². The van der Waals surface area contributed by atoms with Crippen molar-refractivity contribution in [3.8, 4) is 0 Å². The number of anilines is 1. The van der Waals surface area contributed by atoms with Crippen molar-refractivity contribution in [3.63, 3.8) is 0 Å². The molecular weight excluding hydrogens is 298 g/mol. The van der Waals surface area contributed by atoms with E-state index < -0.39 is 5.91 Å².